The maximum Gasteiger partial charge on any atom is 0.417 e. The van der Waals surface area contributed by atoms with Crippen molar-refractivity contribution in [2.45, 2.75) is 50.0 Å². The number of alkyl halides is 6. The van der Waals surface area contributed by atoms with Crippen molar-refractivity contribution in [3.05, 3.63) is 70.0 Å². The molecule has 250 valence electrons. The molecule has 6 rings (SSSR count). The molecule has 3 N–H and O–H groups in total. The van der Waals surface area contributed by atoms with Gasteiger partial charge in [-0.3, -0.25) is 14.3 Å². The lowest BCUT2D eigenvalue weighted by Gasteiger charge is -2.22. The zero-order valence-electron chi connectivity index (χ0n) is 24.9. The van der Waals surface area contributed by atoms with E-state index in [0.29, 0.717) is 22.2 Å². The molecule has 1 aliphatic heterocycles. The number of nitrogens with zero attached hydrogens (tertiary/aromatic N) is 3. The molecule has 2 aromatic heterocycles. The van der Waals surface area contributed by atoms with E-state index in [4.69, 9.17) is 25.9 Å². The summed E-state index contributed by atoms with van der Waals surface area (Å²) in [5, 5.41) is 6.87. The molecule has 4 aromatic rings. The number of ether oxygens (including phenoxy) is 2. The van der Waals surface area contributed by atoms with Crippen LogP contribution in [-0.2, 0) is 11.0 Å². The summed E-state index contributed by atoms with van der Waals surface area (Å²) in [6.45, 7) is 1.05. The number of pyridine rings is 1. The Balaban J connectivity index is 0.00000139. The third-order valence-electron chi connectivity index (χ3n) is 7.79. The number of benzene rings is 2. The van der Waals surface area contributed by atoms with E-state index >= 15 is 0 Å². The molecule has 2 unspecified atom stereocenters. The number of nitrogens with two attached hydrogens (primary N) is 1. The van der Waals surface area contributed by atoms with Crippen molar-refractivity contribution < 1.29 is 45.4 Å². The first-order valence-corrected chi connectivity index (χ1v) is 14.7. The van der Waals surface area contributed by atoms with Gasteiger partial charge in [0.15, 0.2) is 0 Å². The number of rotatable bonds is 7. The second-order valence-corrected chi connectivity index (χ2v) is 11.5. The van der Waals surface area contributed by atoms with Gasteiger partial charge in [0.25, 0.3) is 5.91 Å². The van der Waals surface area contributed by atoms with Crippen molar-refractivity contribution in [3.8, 4) is 22.8 Å². The summed E-state index contributed by atoms with van der Waals surface area (Å²) in [5.41, 5.74) is 3.71. The number of halogens is 7. The average Bonchev–Trinajstić information content (AvgIpc) is 3.65. The third-order valence-corrected chi connectivity index (χ3v) is 8.10. The maximum atomic E-state index is 14.5. The zero-order valence-corrected chi connectivity index (χ0v) is 25.6. The number of hydrogen-bond donors (Lipinski definition) is 2. The van der Waals surface area contributed by atoms with Gasteiger partial charge in [-0.05, 0) is 43.2 Å². The number of nitrogens with one attached hydrogen (secondary N) is 1. The van der Waals surface area contributed by atoms with Crippen LogP contribution >= 0.6 is 11.6 Å². The molecule has 16 heteroatoms. The fourth-order valence-corrected chi connectivity index (χ4v) is 5.56. The summed E-state index contributed by atoms with van der Waals surface area (Å²) in [7, 11) is 1.41. The van der Waals surface area contributed by atoms with Crippen LogP contribution < -0.4 is 20.5 Å². The molecular weight excluding hydrogens is 656 g/mol. The monoisotopic (exact) mass is 683 g/mol. The number of carbonyl (C=O) groups excluding carboxylic acids is 2. The molecule has 1 aliphatic carbocycles. The summed E-state index contributed by atoms with van der Waals surface area (Å²) in [5.74, 6) is -2.82. The van der Waals surface area contributed by atoms with Gasteiger partial charge >= 0.3 is 12.4 Å². The highest BCUT2D eigenvalue weighted by Gasteiger charge is 2.43. The van der Waals surface area contributed by atoms with Gasteiger partial charge in [0.2, 0.25) is 6.41 Å². The Kier molecular flexibility index (Phi) is 9.31. The van der Waals surface area contributed by atoms with E-state index in [1.165, 1.54) is 19.2 Å². The van der Waals surface area contributed by atoms with Crippen LogP contribution in [-0.4, -0.2) is 53.5 Å². The van der Waals surface area contributed by atoms with Crippen molar-refractivity contribution in [3.63, 3.8) is 0 Å². The molecule has 9 nitrogen and oxygen atoms in total. The molecule has 0 spiro atoms. The third kappa shape index (κ3) is 7.09. The minimum absolute atomic E-state index is 0.0623. The molecular formula is C31H28ClF6N5O4. The quantitative estimate of drug-likeness (QED) is 0.164. The van der Waals surface area contributed by atoms with E-state index in [2.05, 4.69) is 21.1 Å². The number of aromatic nitrogens is 3. The molecule has 2 aliphatic rings. The number of hydrogen-bond acceptors (Lipinski definition) is 6. The normalized spacial score (nSPS) is 16.5. The molecule has 0 saturated heterocycles. The number of primary amides is 1. The van der Waals surface area contributed by atoms with Gasteiger partial charge in [0.1, 0.15) is 28.6 Å². The van der Waals surface area contributed by atoms with Crippen LogP contribution in [0.3, 0.4) is 0 Å². The molecule has 47 heavy (non-hydrogen) atoms. The standard InChI is InChI=1S/C30H25ClF6N4O3.CH3NO/c1-14-13-44-27-19(14)10-23(39-26(27)15-3-6-20(22(31)8-15)29(32,33)34)21(30(35,36)37)11-38-28(42)16-7-17-12-41(18-4-5-18)40-25(17)24(9-16)43-2;2-1-3/h3,6-10,12,14,18,21H,4-5,11,13H2,1-2H3,(H,38,42);1H,(H2,2,3). The highest BCUT2D eigenvalue weighted by Crippen LogP contribution is 2.46. The highest BCUT2D eigenvalue weighted by molar-refractivity contribution is 6.31. The lowest BCUT2D eigenvalue weighted by atomic mass is 9.95. The molecule has 2 atom stereocenters. The molecule has 3 heterocycles. The number of carbonyl (C=O) groups is 2. The first-order valence-electron chi connectivity index (χ1n) is 14.3. The Morgan fingerprint density at radius 2 is 1.89 bits per heavy atom. The lowest BCUT2D eigenvalue weighted by molar-refractivity contribution is -0.149. The van der Waals surface area contributed by atoms with Crippen molar-refractivity contribution in [1.82, 2.24) is 20.1 Å². The van der Waals surface area contributed by atoms with Crippen LogP contribution in [0.15, 0.2) is 42.6 Å². The smallest absolute Gasteiger partial charge is 0.417 e. The van der Waals surface area contributed by atoms with Gasteiger partial charge in [0.05, 0.1) is 36.0 Å². The summed E-state index contributed by atoms with van der Waals surface area (Å²) < 4.78 is 96.2. The fraction of sp³-hybridized carbons (Fsp3) is 0.355. The Morgan fingerprint density at radius 1 is 1.19 bits per heavy atom. The van der Waals surface area contributed by atoms with E-state index in [1.807, 2.05) is 0 Å². The van der Waals surface area contributed by atoms with Gasteiger partial charge in [-0.1, -0.05) is 24.6 Å². The largest absolute Gasteiger partial charge is 0.494 e. The Labute approximate surface area is 269 Å². The summed E-state index contributed by atoms with van der Waals surface area (Å²) in [6, 6.07) is 7.35. The highest BCUT2D eigenvalue weighted by atomic mass is 35.5. The van der Waals surface area contributed by atoms with Crippen LogP contribution in [0.1, 0.15) is 64.8 Å². The van der Waals surface area contributed by atoms with E-state index in [0.717, 1.165) is 31.0 Å². The lowest BCUT2D eigenvalue weighted by Crippen LogP contribution is -2.35. The van der Waals surface area contributed by atoms with Crippen LogP contribution in [0, 0.1) is 0 Å². The zero-order chi connectivity index (χ0) is 34.3. The van der Waals surface area contributed by atoms with Crippen molar-refractivity contribution >= 4 is 34.8 Å². The first-order chi connectivity index (χ1) is 22.2. The van der Waals surface area contributed by atoms with Crippen molar-refractivity contribution in [2.75, 3.05) is 20.3 Å². The molecule has 0 radical (unpaired) electrons. The summed E-state index contributed by atoms with van der Waals surface area (Å²) in [4.78, 5) is 26.0. The molecule has 0 bridgehead atoms. The number of fused-ring (bicyclic) bond motifs is 2. The van der Waals surface area contributed by atoms with E-state index < -0.39 is 47.0 Å². The van der Waals surface area contributed by atoms with Crippen molar-refractivity contribution in [1.29, 1.82) is 0 Å². The van der Waals surface area contributed by atoms with Gasteiger partial charge < -0.3 is 20.5 Å². The molecule has 1 fully saturated rings. The molecule has 2 aromatic carbocycles. The van der Waals surface area contributed by atoms with Crippen LogP contribution in [0.25, 0.3) is 22.2 Å². The van der Waals surface area contributed by atoms with Gasteiger partial charge in [-0.2, -0.15) is 31.4 Å². The number of amides is 2. The SMILES string of the molecule is COc1cc(C(=O)NCC(c2cc3c(c(-c4ccc(C(F)(F)F)c(Cl)c4)n2)OCC3C)C(F)(F)F)cc2cn(C3CC3)nc12.NC=O. The Hall–Kier alpha value is -4.53. The summed E-state index contributed by atoms with van der Waals surface area (Å²) >= 11 is 5.91. The van der Waals surface area contributed by atoms with Gasteiger partial charge in [0, 0.05) is 40.7 Å². The van der Waals surface area contributed by atoms with Crippen LogP contribution in [0.2, 0.25) is 5.02 Å². The fourth-order valence-electron chi connectivity index (χ4n) is 5.28. The summed E-state index contributed by atoms with van der Waals surface area (Å²) in [6.07, 6.45) is -5.56. The second-order valence-electron chi connectivity index (χ2n) is 11.1. The minimum atomic E-state index is -4.83. The Bertz CT molecular complexity index is 1820. The predicted octanol–water partition coefficient (Wildman–Crippen LogP) is 6.79. The second kappa shape index (κ2) is 12.9. The Morgan fingerprint density at radius 3 is 2.49 bits per heavy atom. The molecule has 2 amide bonds. The average molecular weight is 684 g/mol. The van der Waals surface area contributed by atoms with Gasteiger partial charge in [-0.15, -0.1) is 0 Å². The topological polar surface area (TPSA) is 121 Å². The van der Waals surface area contributed by atoms with Crippen LogP contribution in [0.4, 0.5) is 26.3 Å². The first kappa shape index (κ1) is 33.8. The van der Waals surface area contributed by atoms with Gasteiger partial charge in [-0.25, -0.2) is 4.98 Å². The van der Waals surface area contributed by atoms with Crippen molar-refractivity contribution in [2.24, 2.45) is 5.73 Å². The maximum absolute atomic E-state index is 14.5. The minimum Gasteiger partial charge on any atom is -0.494 e. The van der Waals surface area contributed by atoms with Crippen LogP contribution in [0.5, 0.6) is 11.5 Å². The van der Waals surface area contributed by atoms with E-state index in [1.54, 1.807) is 23.9 Å². The predicted molar refractivity (Wildman–Crippen MR) is 160 cm³/mol. The molecule has 1 saturated carbocycles. The van der Waals surface area contributed by atoms with E-state index in [-0.39, 0.29) is 47.5 Å². The van der Waals surface area contributed by atoms with E-state index in [9.17, 15) is 31.1 Å². The number of methoxy groups -OCH3 is 1.